The highest BCUT2D eigenvalue weighted by Crippen LogP contribution is 2.22. The molecule has 1 aromatic rings. The molecule has 1 atom stereocenters. The van der Waals surface area contributed by atoms with Crippen LogP contribution in [0.4, 0.5) is 5.13 Å². The quantitative estimate of drug-likeness (QED) is 0.847. The lowest BCUT2D eigenvalue weighted by Crippen LogP contribution is -2.42. The van der Waals surface area contributed by atoms with Crippen molar-refractivity contribution in [2.45, 2.75) is 25.3 Å². The zero-order chi connectivity index (χ0) is 15.7. The van der Waals surface area contributed by atoms with Crippen LogP contribution in [0.15, 0.2) is 16.7 Å². The van der Waals surface area contributed by atoms with E-state index in [2.05, 4.69) is 15.4 Å². The van der Waals surface area contributed by atoms with Crippen molar-refractivity contribution in [1.82, 2.24) is 9.99 Å². The largest absolute Gasteiger partial charge is 0.297 e. The first-order chi connectivity index (χ1) is 10.4. The molecule has 2 amide bonds. The van der Waals surface area contributed by atoms with Crippen molar-refractivity contribution in [3.63, 3.8) is 0 Å². The van der Waals surface area contributed by atoms with Gasteiger partial charge in [0.25, 0.3) is 5.91 Å². The lowest BCUT2D eigenvalue weighted by molar-refractivity contribution is -0.133. The van der Waals surface area contributed by atoms with Crippen LogP contribution in [-0.2, 0) is 19.4 Å². The summed E-state index contributed by atoms with van der Waals surface area (Å²) in [6.07, 6.45) is 2.33. The third kappa shape index (κ3) is 3.17. The fraction of sp³-hybridized carbons (Fsp3) is 0.500. The van der Waals surface area contributed by atoms with Gasteiger partial charge in [0.05, 0.1) is 17.5 Å². The highest BCUT2D eigenvalue weighted by atomic mass is 32.2. The molecule has 0 spiro atoms. The van der Waals surface area contributed by atoms with E-state index in [1.807, 2.05) is 0 Å². The van der Waals surface area contributed by atoms with E-state index in [0.717, 1.165) is 0 Å². The summed E-state index contributed by atoms with van der Waals surface area (Å²) in [6.45, 7) is 0. The van der Waals surface area contributed by atoms with Gasteiger partial charge >= 0.3 is 0 Å². The number of amides is 2. The molecule has 2 aliphatic heterocycles. The van der Waals surface area contributed by atoms with E-state index >= 15 is 0 Å². The average Bonchev–Trinajstić information content (AvgIpc) is 3.08. The summed E-state index contributed by atoms with van der Waals surface area (Å²) in [5.74, 6) is -0.692. The second-order valence-corrected chi connectivity index (χ2v) is 8.26. The number of nitrogens with one attached hydrogen (secondary N) is 1. The van der Waals surface area contributed by atoms with Crippen LogP contribution in [0.5, 0.6) is 0 Å². The van der Waals surface area contributed by atoms with Gasteiger partial charge in [-0.05, 0) is 6.42 Å². The van der Waals surface area contributed by atoms with Gasteiger partial charge in [-0.3, -0.25) is 14.9 Å². The molecular formula is C12H14N4O4S2. The van der Waals surface area contributed by atoms with E-state index in [1.54, 1.807) is 11.6 Å². The zero-order valence-electron chi connectivity index (χ0n) is 11.6. The monoisotopic (exact) mass is 342 g/mol. The van der Waals surface area contributed by atoms with Gasteiger partial charge in [-0.15, -0.1) is 11.3 Å². The maximum atomic E-state index is 12.1. The van der Waals surface area contributed by atoms with Crippen LogP contribution in [0.25, 0.3) is 0 Å². The van der Waals surface area contributed by atoms with E-state index in [-0.39, 0.29) is 36.0 Å². The minimum Gasteiger partial charge on any atom is -0.297 e. The number of nitrogens with zero attached hydrogens (tertiary/aromatic N) is 3. The van der Waals surface area contributed by atoms with Gasteiger partial charge in [-0.1, -0.05) is 0 Å². The molecule has 8 nitrogen and oxygen atoms in total. The van der Waals surface area contributed by atoms with Crippen molar-refractivity contribution in [2.75, 3.05) is 16.8 Å². The van der Waals surface area contributed by atoms with E-state index in [0.29, 0.717) is 11.6 Å². The average molecular weight is 342 g/mol. The number of carbonyl (C=O) groups excluding carboxylic acids is 2. The highest BCUT2D eigenvalue weighted by Gasteiger charge is 2.37. The van der Waals surface area contributed by atoms with E-state index in [9.17, 15) is 18.0 Å². The Hall–Kier alpha value is -1.81. The number of sulfone groups is 1. The molecule has 0 aliphatic carbocycles. The second kappa shape index (κ2) is 5.76. The van der Waals surface area contributed by atoms with Crippen LogP contribution in [0.2, 0.25) is 0 Å². The van der Waals surface area contributed by atoms with Crippen LogP contribution in [-0.4, -0.2) is 53.5 Å². The molecule has 0 bridgehead atoms. The molecule has 0 unspecified atom stereocenters. The molecule has 3 rings (SSSR count). The van der Waals surface area contributed by atoms with Gasteiger partial charge in [-0.2, -0.15) is 5.10 Å². The Kier molecular flexibility index (Phi) is 3.96. The number of carbonyl (C=O) groups is 2. The molecule has 22 heavy (non-hydrogen) atoms. The summed E-state index contributed by atoms with van der Waals surface area (Å²) < 4.78 is 23.1. The normalized spacial score (nSPS) is 24.2. The van der Waals surface area contributed by atoms with E-state index < -0.39 is 21.8 Å². The van der Waals surface area contributed by atoms with Gasteiger partial charge in [0, 0.05) is 24.4 Å². The Balaban J connectivity index is 1.76. The minimum absolute atomic E-state index is 0.0532. The first-order valence-corrected chi connectivity index (χ1v) is 9.45. The third-order valence-corrected chi connectivity index (χ3v) is 5.97. The Morgan fingerprint density at radius 1 is 1.41 bits per heavy atom. The van der Waals surface area contributed by atoms with Gasteiger partial charge in [-0.25, -0.2) is 18.4 Å². The minimum atomic E-state index is -3.12. The fourth-order valence-electron chi connectivity index (χ4n) is 2.44. The smallest absolute Gasteiger partial charge is 0.273 e. The molecule has 0 radical (unpaired) electrons. The van der Waals surface area contributed by atoms with Crippen molar-refractivity contribution in [3.05, 3.63) is 11.6 Å². The molecule has 0 aromatic carbocycles. The standard InChI is InChI=1S/C12H14N4O4S2/c17-10-2-1-9(11(18)14-12-13-4-5-21-12)15-16(10)8-3-6-22(19,20)7-8/h4-5,8H,1-3,6-7H2,(H,13,14,18)/t8-/m0/s1. The second-order valence-electron chi connectivity index (χ2n) is 5.13. The van der Waals surface area contributed by atoms with E-state index in [4.69, 9.17) is 0 Å². The number of thiazole rings is 1. The highest BCUT2D eigenvalue weighted by molar-refractivity contribution is 7.91. The zero-order valence-corrected chi connectivity index (χ0v) is 13.2. The molecule has 3 heterocycles. The van der Waals surface area contributed by atoms with Crippen molar-refractivity contribution < 1.29 is 18.0 Å². The number of hydrogen-bond acceptors (Lipinski definition) is 7. The van der Waals surface area contributed by atoms with Crippen molar-refractivity contribution in [3.8, 4) is 0 Å². The molecule has 0 saturated carbocycles. The SMILES string of the molecule is O=C(Nc1nccs1)C1=NN([C@H]2CCS(=O)(=O)C2)C(=O)CC1. The maximum absolute atomic E-state index is 12.1. The number of hydrogen-bond donors (Lipinski definition) is 1. The summed E-state index contributed by atoms with van der Waals surface area (Å²) in [6, 6.07) is -0.472. The summed E-state index contributed by atoms with van der Waals surface area (Å²) >= 11 is 1.28. The maximum Gasteiger partial charge on any atom is 0.273 e. The van der Waals surface area contributed by atoms with E-state index in [1.165, 1.54) is 16.3 Å². The van der Waals surface area contributed by atoms with Crippen LogP contribution in [0, 0.1) is 0 Å². The lowest BCUT2D eigenvalue weighted by Gasteiger charge is -2.27. The topological polar surface area (TPSA) is 109 Å². The number of anilines is 1. The lowest BCUT2D eigenvalue weighted by atomic mass is 10.1. The Labute approximate surface area is 131 Å². The van der Waals surface area contributed by atoms with Crippen molar-refractivity contribution in [1.29, 1.82) is 0 Å². The Bertz CT molecular complexity index is 726. The Morgan fingerprint density at radius 2 is 2.23 bits per heavy atom. The van der Waals surface area contributed by atoms with Gasteiger partial charge in [0.1, 0.15) is 5.71 Å². The summed E-state index contributed by atoms with van der Waals surface area (Å²) in [5, 5.41) is 10.1. The van der Waals surface area contributed by atoms with Crippen LogP contribution >= 0.6 is 11.3 Å². The van der Waals surface area contributed by atoms with Gasteiger partial charge < -0.3 is 0 Å². The van der Waals surface area contributed by atoms with Crippen LogP contribution in [0.1, 0.15) is 19.3 Å². The predicted molar refractivity (Wildman–Crippen MR) is 81.3 cm³/mol. The number of hydrazone groups is 1. The van der Waals surface area contributed by atoms with Gasteiger partial charge in [0.2, 0.25) is 5.91 Å². The van der Waals surface area contributed by atoms with Gasteiger partial charge in [0.15, 0.2) is 15.0 Å². The summed E-state index contributed by atoms with van der Waals surface area (Å²) in [7, 11) is -3.12. The molecule has 1 fully saturated rings. The third-order valence-electron chi connectivity index (χ3n) is 3.53. The van der Waals surface area contributed by atoms with Crippen molar-refractivity contribution >= 4 is 43.8 Å². The Morgan fingerprint density at radius 3 is 2.86 bits per heavy atom. The van der Waals surface area contributed by atoms with Crippen molar-refractivity contribution in [2.24, 2.45) is 5.10 Å². The number of aromatic nitrogens is 1. The molecular weight excluding hydrogens is 328 g/mol. The molecule has 2 aliphatic rings. The fourth-order valence-corrected chi connectivity index (χ4v) is 4.66. The molecule has 1 saturated heterocycles. The number of rotatable bonds is 3. The predicted octanol–water partition coefficient (Wildman–Crippen LogP) is 0.247. The van der Waals surface area contributed by atoms with Crippen LogP contribution < -0.4 is 5.32 Å². The summed E-state index contributed by atoms with van der Waals surface area (Å²) in [5.41, 5.74) is 0.221. The molecule has 118 valence electrons. The first kappa shape index (κ1) is 15.1. The molecule has 10 heteroatoms. The van der Waals surface area contributed by atoms with Crippen LogP contribution in [0.3, 0.4) is 0 Å². The first-order valence-electron chi connectivity index (χ1n) is 6.75. The molecule has 1 N–H and O–H groups in total. The summed E-state index contributed by atoms with van der Waals surface area (Å²) in [4.78, 5) is 28.0. The molecule has 1 aromatic heterocycles.